The lowest BCUT2D eigenvalue weighted by Crippen LogP contribution is -2.40. The summed E-state index contributed by atoms with van der Waals surface area (Å²) in [5.41, 5.74) is 4.85. The number of piperidine rings is 1. The Morgan fingerprint density at radius 1 is 1.00 bits per heavy atom. The number of likely N-dealkylation sites (tertiary alicyclic amines) is 1. The van der Waals surface area contributed by atoms with Crippen molar-refractivity contribution in [2.24, 2.45) is 9.98 Å². The molecule has 2 atom stereocenters. The van der Waals surface area contributed by atoms with Crippen LogP contribution in [0.5, 0.6) is 23.0 Å². The predicted octanol–water partition coefficient (Wildman–Crippen LogP) is 5.23. The Balaban J connectivity index is 1.21. The fourth-order valence-corrected chi connectivity index (χ4v) is 5.49. The summed E-state index contributed by atoms with van der Waals surface area (Å²) in [6.07, 6.45) is 7.30. The molecule has 226 valence electrons. The van der Waals surface area contributed by atoms with Gasteiger partial charge in [0.2, 0.25) is 6.41 Å². The SMILES string of the molecule is C=C1CCN(C=O)C(C=Nc2cc(OCCCOc3cc4c(cc3OC)C(=O)N3CC(=C)CC3C=N4)c(OC)cc2C)C1. The van der Waals surface area contributed by atoms with Gasteiger partial charge >= 0.3 is 0 Å². The number of aryl methyl sites for hydroxylation is 1. The molecule has 3 aliphatic rings. The number of benzene rings is 2. The van der Waals surface area contributed by atoms with Gasteiger partial charge in [-0.05, 0) is 43.9 Å². The van der Waals surface area contributed by atoms with Gasteiger partial charge in [0.05, 0.1) is 56.5 Å². The zero-order chi connectivity index (χ0) is 30.5. The van der Waals surface area contributed by atoms with Gasteiger partial charge in [0.25, 0.3) is 5.91 Å². The number of rotatable bonds is 11. The Morgan fingerprint density at radius 2 is 1.72 bits per heavy atom. The van der Waals surface area contributed by atoms with Crippen LogP contribution < -0.4 is 18.9 Å². The van der Waals surface area contributed by atoms with E-state index in [0.29, 0.717) is 73.4 Å². The van der Waals surface area contributed by atoms with Crippen molar-refractivity contribution in [3.8, 4) is 23.0 Å². The van der Waals surface area contributed by atoms with Crippen LogP contribution in [-0.2, 0) is 4.79 Å². The Labute approximate surface area is 252 Å². The predicted molar refractivity (Wildman–Crippen MR) is 166 cm³/mol. The topological polar surface area (TPSA) is 102 Å². The molecule has 2 fully saturated rings. The Morgan fingerprint density at radius 3 is 2.44 bits per heavy atom. The van der Waals surface area contributed by atoms with Gasteiger partial charge in [0.1, 0.15) is 0 Å². The van der Waals surface area contributed by atoms with E-state index in [0.717, 1.165) is 41.6 Å². The summed E-state index contributed by atoms with van der Waals surface area (Å²) in [7, 11) is 3.15. The summed E-state index contributed by atoms with van der Waals surface area (Å²) in [6, 6.07) is 6.98. The highest BCUT2D eigenvalue weighted by Crippen LogP contribution is 2.39. The third-order valence-corrected chi connectivity index (χ3v) is 7.91. The van der Waals surface area contributed by atoms with Crippen molar-refractivity contribution in [3.05, 3.63) is 59.7 Å². The quantitative estimate of drug-likeness (QED) is 0.155. The van der Waals surface area contributed by atoms with Crippen LogP contribution in [0.3, 0.4) is 0 Å². The lowest BCUT2D eigenvalue weighted by atomic mass is 9.99. The minimum atomic E-state index is -0.118. The molecule has 10 heteroatoms. The Hall–Kier alpha value is -4.60. The van der Waals surface area contributed by atoms with Gasteiger partial charge in [-0.1, -0.05) is 24.3 Å². The fraction of sp³-hybridized carbons (Fsp3) is 0.394. The molecule has 2 unspecified atom stereocenters. The monoisotopic (exact) mass is 586 g/mol. The first-order valence-electron chi connectivity index (χ1n) is 14.4. The lowest BCUT2D eigenvalue weighted by Gasteiger charge is -2.31. The summed E-state index contributed by atoms with van der Waals surface area (Å²) >= 11 is 0. The number of carbonyl (C=O) groups excluding carboxylic acids is 2. The van der Waals surface area contributed by atoms with E-state index < -0.39 is 0 Å². The van der Waals surface area contributed by atoms with Crippen LogP contribution in [0.4, 0.5) is 11.4 Å². The Bertz CT molecular complexity index is 1480. The maximum absolute atomic E-state index is 13.2. The first-order chi connectivity index (χ1) is 20.8. The summed E-state index contributed by atoms with van der Waals surface area (Å²) in [5, 5.41) is 0. The minimum Gasteiger partial charge on any atom is -0.493 e. The van der Waals surface area contributed by atoms with Crippen LogP contribution in [0.25, 0.3) is 0 Å². The van der Waals surface area contributed by atoms with Gasteiger partial charge in [-0.25, -0.2) is 0 Å². The molecule has 5 rings (SSSR count). The van der Waals surface area contributed by atoms with Crippen molar-refractivity contribution in [1.29, 1.82) is 0 Å². The van der Waals surface area contributed by atoms with Gasteiger partial charge in [-0.15, -0.1) is 0 Å². The van der Waals surface area contributed by atoms with E-state index in [9.17, 15) is 9.59 Å². The first-order valence-corrected chi connectivity index (χ1v) is 14.4. The van der Waals surface area contributed by atoms with E-state index in [1.165, 1.54) is 0 Å². The number of fused-ring (bicyclic) bond motifs is 2. The van der Waals surface area contributed by atoms with Crippen LogP contribution >= 0.6 is 0 Å². The number of aliphatic imine (C=N–C) groups is 2. The molecular formula is C33H38N4O6. The normalized spacial score (nSPS) is 19.7. The van der Waals surface area contributed by atoms with Crippen molar-refractivity contribution >= 4 is 36.1 Å². The number of carbonyl (C=O) groups is 2. The maximum atomic E-state index is 13.2. The zero-order valence-corrected chi connectivity index (χ0v) is 25.0. The van der Waals surface area contributed by atoms with Crippen molar-refractivity contribution < 1.29 is 28.5 Å². The minimum absolute atomic E-state index is 0.0804. The second-order valence-electron chi connectivity index (χ2n) is 11.0. The third kappa shape index (κ3) is 6.58. The van der Waals surface area contributed by atoms with Gasteiger partial charge < -0.3 is 28.7 Å². The third-order valence-electron chi connectivity index (χ3n) is 7.91. The highest BCUT2D eigenvalue weighted by Gasteiger charge is 2.34. The summed E-state index contributed by atoms with van der Waals surface area (Å²) < 4.78 is 23.2. The molecule has 2 amide bonds. The van der Waals surface area contributed by atoms with Crippen molar-refractivity contribution in [2.75, 3.05) is 40.5 Å². The van der Waals surface area contributed by atoms with Crippen molar-refractivity contribution in [1.82, 2.24) is 9.80 Å². The summed E-state index contributed by atoms with van der Waals surface area (Å²) in [6.45, 7) is 12.0. The number of nitrogens with zero attached hydrogens (tertiary/aromatic N) is 4. The van der Waals surface area contributed by atoms with E-state index in [1.807, 2.05) is 25.3 Å². The van der Waals surface area contributed by atoms with E-state index in [1.54, 1.807) is 42.4 Å². The number of hydrogen-bond acceptors (Lipinski definition) is 8. The van der Waals surface area contributed by atoms with E-state index >= 15 is 0 Å². The molecule has 0 spiro atoms. The van der Waals surface area contributed by atoms with Gasteiger partial charge in [0, 0.05) is 44.1 Å². The maximum Gasteiger partial charge on any atom is 0.257 e. The van der Waals surface area contributed by atoms with Crippen molar-refractivity contribution in [2.45, 2.75) is 44.7 Å². The highest BCUT2D eigenvalue weighted by molar-refractivity contribution is 6.03. The number of amides is 2. The molecule has 0 aromatic heterocycles. The van der Waals surface area contributed by atoms with Crippen LogP contribution in [0.15, 0.2) is 58.6 Å². The zero-order valence-electron chi connectivity index (χ0n) is 25.0. The Kier molecular flexibility index (Phi) is 9.13. The molecule has 43 heavy (non-hydrogen) atoms. The van der Waals surface area contributed by atoms with E-state index in [2.05, 4.69) is 23.1 Å². The molecule has 0 aliphatic carbocycles. The van der Waals surface area contributed by atoms with Gasteiger partial charge in [0.15, 0.2) is 23.0 Å². The molecule has 10 nitrogen and oxygen atoms in total. The highest BCUT2D eigenvalue weighted by atomic mass is 16.5. The standard InChI is InChI=1S/C33H38N4O6/c1-21-7-8-36(20-38)24(11-21)17-34-27-15-31(29(40-4)13-23(27)3)42-9-6-10-43-32-16-28-26(14-30(32)41-5)33(39)37-19-22(2)12-25(37)18-35-28/h13-18,20,24-25H,1-2,6-12,19H2,3-5H3. The fourth-order valence-electron chi connectivity index (χ4n) is 5.49. The van der Waals surface area contributed by atoms with Gasteiger partial charge in [-0.3, -0.25) is 19.6 Å². The molecule has 0 bridgehead atoms. The number of methoxy groups -OCH3 is 2. The van der Waals surface area contributed by atoms with E-state index in [-0.39, 0.29) is 18.0 Å². The molecule has 2 aromatic carbocycles. The molecular weight excluding hydrogens is 548 g/mol. The number of hydrogen-bond donors (Lipinski definition) is 0. The molecule has 0 saturated carbocycles. The lowest BCUT2D eigenvalue weighted by molar-refractivity contribution is -0.119. The van der Waals surface area contributed by atoms with E-state index in [4.69, 9.17) is 18.9 Å². The van der Waals surface area contributed by atoms with Gasteiger partial charge in [-0.2, -0.15) is 0 Å². The first kappa shape index (κ1) is 29.9. The number of ether oxygens (including phenoxy) is 4. The molecule has 3 aliphatic heterocycles. The molecule has 2 saturated heterocycles. The average molecular weight is 587 g/mol. The molecule has 0 radical (unpaired) electrons. The van der Waals surface area contributed by atoms with Crippen molar-refractivity contribution in [3.63, 3.8) is 0 Å². The second kappa shape index (κ2) is 13.1. The summed E-state index contributed by atoms with van der Waals surface area (Å²) in [5.74, 6) is 2.07. The largest absolute Gasteiger partial charge is 0.493 e. The van der Waals surface area contributed by atoms with Crippen LogP contribution in [-0.4, -0.2) is 87.2 Å². The summed E-state index contributed by atoms with van der Waals surface area (Å²) in [4.78, 5) is 37.5. The van der Waals surface area contributed by atoms with Crippen LogP contribution in [0.1, 0.15) is 41.6 Å². The van der Waals surface area contributed by atoms with Crippen LogP contribution in [0, 0.1) is 6.92 Å². The molecule has 3 heterocycles. The van der Waals surface area contributed by atoms with Crippen LogP contribution in [0.2, 0.25) is 0 Å². The molecule has 0 N–H and O–H groups in total. The second-order valence-corrected chi connectivity index (χ2v) is 11.0. The smallest absolute Gasteiger partial charge is 0.257 e. The average Bonchev–Trinajstić information content (AvgIpc) is 3.34. The molecule has 2 aromatic rings.